The van der Waals surface area contributed by atoms with E-state index < -0.39 is 11.9 Å². The fourth-order valence-corrected chi connectivity index (χ4v) is 6.27. The van der Waals surface area contributed by atoms with Crippen molar-refractivity contribution in [2.24, 2.45) is 0 Å². The number of ketones is 1. The average Bonchev–Trinajstić information content (AvgIpc) is 3.04. The first-order chi connectivity index (χ1) is 15.4. The Morgan fingerprint density at radius 1 is 1.19 bits per heavy atom. The maximum absolute atomic E-state index is 13.5. The number of nitrogens with one attached hydrogen (secondary N) is 1. The van der Waals surface area contributed by atoms with Crippen LogP contribution in [0.3, 0.4) is 0 Å². The Balaban J connectivity index is 1.91. The van der Waals surface area contributed by atoms with Crippen molar-refractivity contribution < 1.29 is 19.1 Å². The summed E-state index contributed by atoms with van der Waals surface area (Å²) in [5.74, 6) is 2.09. The Hall–Kier alpha value is -2.32. The smallest absolute Gasteiger partial charge is 0.336 e. The second-order valence-electron chi connectivity index (χ2n) is 7.29. The molecule has 0 fully saturated rings. The van der Waals surface area contributed by atoms with Crippen molar-refractivity contribution in [3.8, 4) is 18.1 Å². The van der Waals surface area contributed by atoms with E-state index in [-0.39, 0.29) is 19.0 Å². The number of terminal acetylenes is 1. The molecule has 0 aromatic heterocycles. The van der Waals surface area contributed by atoms with E-state index >= 15 is 0 Å². The molecule has 0 radical (unpaired) electrons. The van der Waals surface area contributed by atoms with Crippen LogP contribution >= 0.6 is 45.2 Å². The summed E-state index contributed by atoms with van der Waals surface area (Å²) in [4.78, 5) is 26.5. The molecule has 5 nitrogen and oxygen atoms in total. The summed E-state index contributed by atoms with van der Waals surface area (Å²) in [5.41, 5.74) is 4.72. The van der Waals surface area contributed by atoms with Crippen LogP contribution in [-0.2, 0) is 9.53 Å². The van der Waals surface area contributed by atoms with Gasteiger partial charge in [0.15, 0.2) is 5.78 Å². The van der Waals surface area contributed by atoms with Crippen LogP contribution in [0, 0.1) is 19.5 Å². The summed E-state index contributed by atoms with van der Waals surface area (Å²) in [7, 11) is 0. The molecule has 0 spiro atoms. The molecule has 1 N–H and O–H groups in total. The Labute approximate surface area is 213 Å². The number of hydrogen-bond donors (Lipinski definition) is 1. The number of rotatable bonds is 5. The van der Waals surface area contributed by atoms with Gasteiger partial charge in [0.2, 0.25) is 0 Å². The van der Waals surface area contributed by atoms with E-state index in [4.69, 9.17) is 15.9 Å². The van der Waals surface area contributed by atoms with Gasteiger partial charge in [-0.05, 0) is 76.7 Å². The van der Waals surface area contributed by atoms with Crippen LogP contribution in [0.15, 0.2) is 53.2 Å². The number of dihydropyridines is 1. The van der Waals surface area contributed by atoms with E-state index in [1.165, 1.54) is 0 Å². The van der Waals surface area contributed by atoms with Gasteiger partial charge < -0.3 is 14.8 Å². The molecule has 2 aromatic rings. The lowest BCUT2D eigenvalue weighted by molar-refractivity contribution is -0.138. The molecular weight excluding hydrogens is 632 g/mol. The summed E-state index contributed by atoms with van der Waals surface area (Å²) in [6, 6.07) is 11.4. The molecule has 1 atom stereocenters. The lowest BCUT2D eigenvalue weighted by Gasteiger charge is -2.29. The van der Waals surface area contributed by atoms with Gasteiger partial charge in [0, 0.05) is 28.3 Å². The second kappa shape index (κ2) is 9.27. The molecule has 0 unspecified atom stereocenters. The van der Waals surface area contributed by atoms with E-state index in [0.29, 0.717) is 28.2 Å². The fourth-order valence-electron chi connectivity index (χ4n) is 4.14. The minimum absolute atomic E-state index is 0.0833. The van der Waals surface area contributed by atoms with Gasteiger partial charge in [-0.1, -0.05) is 30.2 Å². The van der Waals surface area contributed by atoms with Crippen LogP contribution in [-0.4, -0.2) is 25.0 Å². The molecule has 4 rings (SSSR count). The minimum atomic E-state index is -0.561. The molecule has 162 valence electrons. The van der Waals surface area contributed by atoms with Gasteiger partial charge in [-0.3, -0.25) is 4.79 Å². The van der Waals surface area contributed by atoms with Gasteiger partial charge in [-0.25, -0.2) is 4.79 Å². The molecule has 1 aliphatic heterocycles. The highest BCUT2D eigenvalue weighted by molar-refractivity contribution is 14.1. The topological polar surface area (TPSA) is 64.6 Å². The molecule has 0 saturated heterocycles. The summed E-state index contributed by atoms with van der Waals surface area (Å²) < 4.78 is 12.8. The van der Waals surface area contributed by atoms with Crippen molar-refractivity contribution in [2.75, 3.05) is 13.2 Å². The van der Waals surface area contributed by atoms with Crippen LogP contribution in [0.2, 0.25) is 0 Å². The van der Waals surface area contributed by atoms with Crippen LogP contribution in [0.1, 0.15) is 41.3 Å². The Morgan fingerprint density at radius 3 is 2.47 bits per heavy atom. The van der Waals surface area contributed by atoms with Gasteiger partial charge >= 0.3 is 5.97 Å². The highest BCUT2D eigenvalue weighted by Gasteiger charge is 2.43. The maximum Gasteiger partial charge on any atom is 0.336 e. The summed E-state index contributed by atoms with van der Waals surface area (Å²) in [6.45, 7) is 4.02. The summed E-state index contributed by atoms with van der Waals surface area (Å²) >= 11 is 4.38. The van der Waals surface area contributed by atoms with E-state index in [0.717, 1.165) is 24.0 Å². The predicted molar refractivity (Wildman–Crippen MR) is 139 cm³/mol. The highest BCUT2D eigenvalue weighted by Crippen LogP contribution is 2.47. The lowest BCUT2D eigenvalue weighted by Crippen LogP contribution is -2.29. The van der Waals surface area contributed by atoms with Crippen LogP contribution < -0.4 is 10.1 Å². The molecule has 2 aromatic carbocycles. The normalized spacial score (nSPS) is 16.8. The van der Waals surface area contributed by atoms with Crippen molar-refractivity contribution in [3.63, 3.8) is 0 Å². The largest absolute Gasteiger partial charge is 0.479 e. The predicted octanol–water partition coefficient (Wildman–Crippen LogP) is 5.04. The van der Waals surface area contributed by atoms with Crippen LogP contribution in [0.25, 0.3) is 5.70 Å². The summed E-state index contributed by atoms with van der Waals surface area (Å²) in [5, 5.41) is 3.31. The first-order valence-corrected chi connectivity index (χ1v) is 12.1. The molecule has 1 heterocycles. The second-order valence-corrected chi connectivity index (χ2v) is 9.61. The zero-order valence-corrected chi connectivity index (χ0v) is 21.7. The van der Waals surface area contributed by atoms with E-state index in [2.05, 4.69) is 56.4 Å². The molecule has 0 bridgehead atoms. The number of allylic oxidation sites excluding steroid dienone is 2. The molecule has 0 amide bonds. The zero-order valence-electron chi connectivity index (χ0n) is 17.4. The Morgan fingerprint density at radius 2 is 1.84 bits per heavy atom. The molecular formula is C25H19I2NO4. The lowest BCUT2D eigenvalue weighted by atomic mass is 9.80. The van der Waals surface area contributed by atoms with Crippen LogP contribution in [0.5, 0.6) is 5.75 Å². The summed E-state index contributed by atoms with van der Waals surface area (Å²) in [6.07, 6.45) is 5.35. The fraction of sp³-hybridized carbons (Fsp3) is 0.200. The molecule has 32 heavy (non-hydrogen) atoms. The number of carbonyl (C=O) groups excluding carboxylic acids is 2. The molecule has 7 heteroatoms. The van der Waals surface area contributed by atoms with E-state index in [1.807, 2.05) is 43.3 Å². The number of ether oxygens (including phenoxy) is 2. The quantitative estimate of drug-likeness (QED) is 0.279. The number of esters is 1. The van der Waals surface area contributed by atoms with Crippen molar-refractivity contribution in [1.29, 1.82) is 0 Å². The first-order valence-electron chi connectivity index (χ1n) is 9.97. The highest BCUT2D eigenvalue weighted by atomic mass is 127. The zero-order chi connectivity index (χ0) is 23.0. The van der Waals surface area contributed by atoms with Gasteiger partial charge in [-0.2, -0.15) is 0 Å². The molecule has 2 aliphatic rings. The van der Waals surface area contributed by atoms with Crippen molar-refractivity contribution in [1.82, 2.24) is 5.32 Å². The van der Waals surface area contributed by atoms with Crippen LogP contribution in [0.4, 0.5) is 0 Å². The first kappa shape index (κ1) is 22.9. The number of fused-ring (bicyclic) bond motifs is 2. The van der Waals surface area contributed by atoms with Gasteiger partial charge in [0.25, 0.3) is 0 Å². The standard InChI is InChI=1S/C25H19I2NO4/c1-4-10-32-24-17(26)11-14(12-18(24)27)20-19(25(30)31-5-2)13(3)28-22-15-8-6-7-9-16(15)23(29)21(20)22/h1,6-9,11-12,20,28H,5,10H2,2-3H3/t20-/m1/s1. The average molecular weight is 651 g/mol. The minimum Gasteiger partial charge on any atom is -0.479 e. The number of hydrogen-bond acceptors (Lipinski definition) is 5. The monoisotopic (exact) mass is 651 g/mol. The van der Waals surface area contributed by atoms with E-state index in [9.17, 15) is 9.59 Å². The third kappa shape index (κ3) is 3.83. The third-order valence-electron chi connectivity index (χ3n) is 5.40. The Kier molecular flexibility index (Phi) is 6.62. The van der Waals surface area contributed by atoms with Crippen molar-refractivity contribution in [3.05, 3.63) is 77.1 Å². The molecule has 1 aliphatic carbocycles. The van der Waals surface area contributed by atoms with Gasteiger partial charge in [-0.15, -0.1) is 6.42 Å². The Bertz CT molecular complexity index is 1230. The third-order valence-corrected chi connectivity index (χ3v) is 7.00. The van der Waals surface area contributed by atoms with Gasteiger partial charge in [0.05, 0.1) is 25.0 Å². The number of Topliss-reactive ketones (excluding diaryl/α,β-unsaturated/α-hetero) is 1. The van der Waals surface area contributed by atoms with Crippen molar-refractivity contribution >= 4 is 62.6 Å². The number of benzene rings is 2. The van der Waals surface area contributed by atoms with E-state index in [1.54, 1.807) is 6.92 Å². The SMILES string of the molecule is C#CCOc1c(I)cc([C@@H]2C(C(=O)OCC)=C(C)NC3=C2C(=O)c2ccccc23)cc1I. The van der Waals surface area contributed by atoms with Gasteiger partial charge in [0.1, 0.15) is 12.4 Å². The molecule has 0 saturated carbocycles. The number of carbonyl (C=O) groups is 2. The number of halogens is 2. The van der Waals surface area contributed by atoms with Crippen molar-refractivity contribution in [2.45, 2.75) is 19.8 Å². The maximum atomic E-state index is 13.5.